The highest BCUT2D eigenvalue weighted by molar-refractivity contribution is 9.10. The molecule has 1 aliphatic heterocycles. The molecule has 0 aromatic heterocycles. The number of ether oxygens (including phenoxy) is 1. The van der Waals surface area contributed by atoms with Crippen LogP contribution in [0.15, 0.2) is 53.0 Å². The molecule has 0 spiro atoms. The van der Waals surface area contributed by atoms with E-state index in [1.165, 1.54) is 4.90 Å². The SMILES string of the molecule is Cc1ccc(N2C(=O)N(CC(O)COc3cccc(Br)c3)C(=O)C2C)cc1. The maximum atomic E-state index is 12.7. The molecule has 3 rings (SSSR count). The van der Waals surface area contributed by atoms with E-state index in [1.807, 2.05) is 43.3 Å². The van der Waals surface area contributed by atoms with Crippen molar-refractivity contribution in [1.82, 2.24) is 4.90 Å². The van der Waals surface area contributed by atoms with E-state index in [0.717, 1.165) is 14.9 Å². The zero-order valence-corrected chi connectivity index (χ0v) is 16.7. The summed E-state index contributed by atoms with van der Waals surface area (Å²) in [4.78, 5) is 27.8. The standard InChI is InChI=1S/C20H21BrN2O4/c1-13-6-8-16(9-7-13)23-14(2)19(25)22(20(23)26)11-17(24)12-27-18-5-3-4-15(21)10-18/h3-10,14,17,24H,11-12H2,1-2H3. The summed E-state index contributed by atoms with van der Waals surface area (Å²) in [7, 11) is 0. The highest BCUT2D eigenvalue weighted by Gasteiger charge is 2.43. The third-order valence-corrected chi connectivity index (χ3v) is 4.88. The lowest BCUT2D eigenvalue weighted by molar-refractivity contribution is -0.128. The Hall–Kier alpha value is -2.38. The summed E-state index contributed by atoms with van der Waals surface area (Å²) in [5.41, 5.74) is 1.73. The summed E-state index contributed by atoms with van der Waals surface area (Å²) >= 11 is 3.35. The second-order valence-electron chi connectivity index (χ2n) is 6.54. The third kappa shape index (κ3) is 4.31. The minimum atomic E-state index is -0.984. The molecular weight excluding hydrogens is 412 g/mol. The molecule has 27 heavy (non-hydrogen) atoms. The number of imide groups is 1. The number of aliphatic hydroxyl groups excluding tert-OH is 1. The number of amides is 3. The van der Waals surface area contributed by atoms with Gasteiger partial charge in [-0.2, -0.15) is 0 Å². The van der Waals surface area contributed by atoms with Gasteiger partial charge in [0.15, 0.2) is 0 Å². The van der Waals surface area contributed by atoms with E-state index in [4.69, 9.17) is 4.74 Å². The Morgan fingerprint density at radius 2 is 1.89 bits per heavy atom. The molecule has 1 saturated heterocycles. The Bertz CT molecular complexity index is 840. The summed E-state index contributed by atoms with van der Waals surface area (Å²) in [6.45, 7) is 3.51. The molecule has 7 heteroatoms. The van der Waals surface area contributed by atoms with Crippen LogP contribution in [0.25, 0.3) is 0 Å². The monoisotopic (exact) mass is 432 g/mol. The quantitative estimate of drug-likeness (QED) is 0.710. The molecule has 2 atom stereocenters. The Balaban J connectivity index is 1.64. The molecule has 0 aliphatic carbocycles. The average Bonchev–Trinajstić information content (AvgIpc) is 2.85. The number of β-amino-alcohol motifs (C(OH)–C–C–N with tert-alkyl or cyclic N) is 1. The van der Waals surface area contributed by atoms with Crippen molar-refractivity contribution in [2.45, 2.75) is 26.0 Å². The lowest BCUT2D eigenvalue weighted by atomic mass is 10.2. The summed E-state index contributed by atoms with van der Waals surface area (Å²) in [5.74, 6) is 0.263. The second kappa shape index (κ2) is 8.10. The van der Waals surface area contributed by atoms with Gasteiger partial charge in [-0.05, 0) is 44.2 Å². The zero-order valence-electron chi connectivity index (χ0n) is 15.1. The van der Waals surface area contributed by atoms with Crippen LogP contribution in [0.5, 0.6) is 5.75 Å². The summed E-state index contributed by atoms with van der Waals surface area (Å²) in [5, 5.41) is 10.3. The molecule has 142 valence electrons. The summed E-state index contributed by atoms with van der Waals surface area (Å²) < 4.78 is 6.40. The minimum Gasteiger partial charge on any atom is -0.491 e. The van der Waals surface area contributed by atoms with E-state index in [2.05, 4.69) is 15.9 Å². The van der Waals surface area contributed by atoms with Crippen LogP contribution in [-0.2, 0) is 4.79 Å². The lowest BCUT2D eigenvalue weighted by Gasteiger charge is -2.21. The maximum absolute atomic E-state index is 12.7. The first-order valence-corrected chi connectivity index (χ1v) is 9.44. The van der Waals surface area contributed by atoms with Crippen molar-refractivity contribution in [3.8, 4) is 5.75 Å². The van der Waals surface area contributed by atoms with E-state index in [0.29, 0.717) is 11.4 Å². The molecule has 1 heterocycles. The molecule has 3 amide bonds. The molecule has 0 bridgehead atoms. The molecular formula is C20H21BrN2O4. The minimum absolute atomic E-state index is 0.0214. The number of hydrogen-bond donors (Lipinski definition) is 1. The highest BCUT2D eigenvalue weighted by atomic mass is 79.9. The van der Waals surface area contributed by atoms with Crippen LogP contribution in [-0.4, -0.2) is 47.2 Å². The van der Waals surface area contributed by atoms with Gasteiger partial charge in [0.05, 0.1) is 6.54 Å². The maximum Gasteiger partial charge on any atom is 0.332 e. The van der Waals surface area contributed by atoms with Gasteiger partial charge in [-0.3, -0.25) is 14.6 Å². The number of aryl methyl sites for hydroxylation is 1. The summed E-state index contributed by atoms with van der Waals surface area (Å²) in [6, 6.07) is 13.6. The van der Waals surface area contributed by atoms with Crippen molar-refractivity contribution in [3.05, 3.63) is 58.6 Å². The smallest absolute Gasteiger partial charge is 0.332 e. The van der Waals surface area contributed by atoms with E-state index in [9.17, 15) is 14.7 Å². The number of nitrogens with zero attached hydrogens (tertiary/aromatic N) is 2. The predicted octanol–water partition coefficient (Wildman–Crippen LogP) is 3.35. The Kier molecular flexibility index (Phi) is 5.82. The van der Waals surface area contributed by atoms with Crippen LogP contribution in [0.1, 0.15) is 12.5 Å². The van der Waals surface area contributed by atoms with E-state index < -0.39 is 18.2 Å². The molecule has 1 aliphatic rings. The Morgan fingerprint density at radius 3 is 2.56 bits per heavy atom. The van der Waals surface area contributed by atoms with Crippen LogP contribution in [0.4, 0.5) is 10.5 Å². The molecule has 1 fully saturated rings. The van der Waals surface area contributed by atoms with Crippen molar-refractivity contribution in [3.63, 3.8) is 0 Å². The molecule has 2 unspecified atom stereocenters. The normalized spacial score (nSPS) is 18.1. The van der Waals surface area contributed by atoms with Gasteiger partial charge < -0.3 is 9.84 Å². The van der Waals surface area contributed by atoms with E-state index in [-0.39, 0.29) is 19.1 Å². The van der Waals surface area contributed by atoms with Crippen molar-refractivity contribution in [2.75, 3.05) is 18.1 Å². The lowest BCUT2D eigenvalue weighted by Crippen LogP contribution is -2.40. The Morgan fingerprint density at radius 1 is 1.19 bits per heavy atom. The van der Waals surface area contributed by atoms with Gasteiger partial charge in [0.2, 0.25) is 0 Å². The molecule has 2 aromatic carbocycles. The van der Waals surface area contributed by atoms with Crippen molar-refractivity contribution in [1.29, 1.82) is 0 Å². The fraction of sp³-hybridized carbons (Fsp3) is 0.300. The molecule has 1 N–H and O–H groups in total. The number of halogens is 1. The number of aliphatic hydroxyl groups is 1. The number of anilines is 1. The van der Waals surface area contributed by atoms with Gasteiger partial charge in [-0.25, -0.2) is 4.79 Å². The fourth-order valence-electron chi connectivity index (χ4n) is 2.95. The van der Waals surface area contributed by atoms with E-state index >= 15 is 0 Å². The van der Waals surface area contributed by atoms with Crippen molar-refractivity contribution >= 4 is 33.6 Å². The predicted molar refractivity (Wildman–Crippen MR) is 106 cm³/mol. The fourth-order valence-corrected chi connectivity index (χ4v) is 3.32. The van der Waals surface area contributed by atoms with Gasteiger partial charge in [0, 0.05) is 10.2 Å². The first-order valence-electron chi connectivity index (χ1n) is 8.64. The number of benzene rings is 2. The van der Waals surface area contributed by atoms with Crippen LogP contribution in [0, 0.1) is 6.92 Å². The average molecular weight is 433 g/mol. The van der Waals surface area contributed by atoms with Crippen molar-refractivity contribution < 1.29 is 19.4 Å². The van der Waals surface area contributed by atoms with Gasteiger partial charge in [-0.15, -0.1) is 0 Å². The van der Waals surface area contributed by atoms with Gasteiger partial charge >= 0.3 is 6.03 Å². The number of carbonyl (C=O) groups is 2. The van der Waals surface area contributed by atoms with Crippen LogP contribution < -0.4 is 9.64 Å². The second-order valence-corrected chi connectivity index (χ2v) is 7.45. The van der Waals surface area contributed by atoms with Crippen molar-refractivity contribution in [2.24, 2.45) is 0 Å². The number of rotatable bonds is 6. The van der Waals surface area contributed by atoms with Crippen LogP contribution in [0.3, 0.4) is 0 Å². The molecule has 0 saturated carbocycles. The first kappa shape index (κ1) is 19.4. The van der Waals surface area contributed by atoms with E-state index in [1.54, 1.807) is 19.1 Å². The third-order valence-electron chi connectivity index (χ3n) is 4.39. The highest BCUT2D eigenvalue weighted by Crippen LogP contribution is 2.26. The van der Waals surface area contributed by atoms with Crippen LogP contribution >= 0.6 is 15.9 Å². The molecule has 2 aromatic rings. The Labute approximate surface area is 166 Å². The number of hydrogen-bond acceptors (Lipinski definition) is 4. The first-order chi connectivity index (χ1) is 12.9. The van der Waals surface area contributed by atoms with Gasteiger partial charge in [-0.1, -0.05) is 39.7 Å². The molecule has 0 radical (unpaired) electrons. The zero-order chi connectivity index (χ0) is 19.6. The number of urea groups is 1. The topological polar surface area (TPSA) is 70.1 Å². The van der Waals surface area contributed by atoms with Gasteiger partial charge in [0.1, 0.15) is 24.5 Å². The largest absolute Gasteiger partial charge is 0.491 e. The van der Waals surface area contributed by atoms with Crippen LogP contribution in [0.2, 0.25) is 0 Å². The summed E-state index contributed by atoms with van der Waals surface area (Å²) in [6.07, 6.45) is -0.984. The van der Waals surface area contributed by atoms with Gasteiger partial charge in [0.25, 0.3) is 5.91 Å². The number of carbonyl (C=O) groups excluding carboxylic acids is 2. The molecule has 6 nitrogen and oxygen atoms in total.